The number of hydrogen-bond donors (Lipinski definition) is 2. The summed E-state index contributed by atoms with van der Waals surface area (Å²) in [4.78, 5) is 23.8. The number of rotatable bonds is 8. The Hall–Kier alpha value is -2.32. The largest absolute Gasteiger partial charge is 0.380 e. The molecule has 1 atom stereocenters. The van der Waals surface area contributed by atoms with Crippen LogP contribution in [0.15, 0.2) is 23.0 Å². The normalized spacial score (nSPS) is 12.5. The van der Waals surface area contributed by atoms with Crippen molar-refractivity contribution in [3.63, 3.8) is 0 Å². The lowest BCUT2D eigenvalue weighted by molar-refractivity contribution is -0.119. The fourth-order valence-electron chi connectivity index (χ4n) is 2.45. The molecule has 8 heteroatoms. The highest BCUT2D eigenvalue weighted by molar-refractivity contribution is 5.80. The Bertz CT molecular complexity index is 836. The van der Waals surface area contributed by atoms with Crippen LogP contribution in [-0.2, 0) is 22.6 Å². The van der Waals surface area contributed by atoms with Crippen LogP contribution in [0, 0.1) is 11.6 Å². The first-order valence-corrected chi connectivity index (χ1v) is 7.97. The van der Waals surface area contributed by atoms with E-state index in [1.165, 1.54) is 10.6 Å². The van der Waals surface area contributed by atoms with Gasteiger partial charge >= 0.3 is 0 Å². The summed E-state index contributed by atoms with van der Waals surface area (Å²) in [6.07, 6.45) is 0. The molecule has 0 saturated carbocycles. The molecule has 0 saturated heterocycles. The Morgan fingerprint density at radius 1 is 1.32 bits per heavy atom. The number of aromatic nitrogens is 1. The standard InChI is InChI=1S/C17H21F2N3O3/c1-3-25-5-4-22-15-8-14(19)13(18)7-11(15)6-12(17(22)24)9-21-10(2)16(20)23/h6-8,10,21H,3-5,9H2,1-2H3,(H2,20,23)/t10-/m0/s1. The quantitative estimate of drug-likeness (QED) is 0.700. The minimum absolute atomic E-state index is 0.0759. The van der Waals surface area contributed by atoms with Crippen LogP contribution in [0.3, 0.4) is 0 Å². The maximum atomic E-state index is 13.6. The van der Waals surface area contributed by atoms with Crippen LogP contribution < -0.4 is 16.6 Å². The number of hydrogen-bond acceptors (Lipinski definition) is 4. The van der Waals surface area contributed by atoms with Crippen molar-refractivity contribution in [3.05, 3.63) is 45.8 Å². The molecule has 1 heterocycles. The van der Waals surface area contributed by atoms with E-state index in [0.29, 0.717) is 17.6 Å². The zero-order valence-electron chi connectivity index (χ0n) is 14.1. The minimum Gasteiger partial charge on any atom is -0.380 e. The van der Waals surface area contributed by atoms with Crippen molar-refractivity contribution < 1.29 is 18.3 Å². The van der Waals surface area contributed by atoms with Crippen molar-refractivity contribution in [1.29, 1.82) is 0 Å². The molecule has 25 heavy (non-hydrogen) atoms. The van der Waals surface area contributed by atoms with Gasteiger partial charge in [-0.25, -0.2) is 8.78 Å². The summed E-state index contributed by atoms with van der Waals surface area (Å²) in [7, 11) is 0. The molecule has 2 rings (SSSR count). The van der Waals surface area contributed by atoms with Gasteiger partial charge in [-0.1, -0.05) is 0 Å². The Balaban J connectivity index is 2.48. The van der Waals surface area contributed by atoms with Gasteiger partial charge in [0.2, 0.25) is 5.91 Å². The Kier molecular flexibility index (Phi) is 6.22. The molecule has 0 bridgehead atoms. The Morgan fingerprint density at radius 2 is 2.00 bits per heavy atom. The summed E-state index contributed by atoms with van der Waals surface area (Å²) in [5, 5.41) is 3.22. The highest BCUT2D eigenvalue weighted by atomic mass is 19.2. The summed E-state index contributed by atoms with van der Waals surface area (Å²) in [5.41, 5.74) is 5.43. The fourth-order valence-corrected chi connectivity index (χ4v) is 2.45. The van der Waals surface area contributed by atoms with E-state index in [2.05, 4.69) is 5.32 Å². The molecular formula is C17H21F2N3O3. The summed E-state index contributed by atoms with van der Waals surface area (Å²) >= 11 is 0. The van der Waals surface area contributed by atoms with Crippen LogP contribution in [0.25, 0.3) is 10.9 Å². The number of fused-ring (bicyclic) bond motifs is 1. The molecule has 2 aromatic rings. The molecule has 0 spiro atoms. The van der Waals surface area contributed by atoms with Crippen molar-refractivity contribution in [2.24, 2.45) is 5.73 Å². The predicted octanol–water partition coefficient (Wildman–Crippen LogP) is 1.28. The monoisotopic (exact) mass is 353 g/mol. The van der Waals surface area contributed by atoms with E-state index in [0.717, 1.165) is 12.1 Å². The molecule has 0 radical (unpaired) electrons. The fraction of sp³-hybridized carbons (Fsp3) is 0.412. The second-order valence-electron chi connectivity index (χ2n) is 5.65. The number of carbonyl (C=O) groups is 1. The third kappa shape index (κ3) is 4.40. The lowest BCUT2D eigenvalue weighted by Gasteiger charge is -2.15. The number of benzene rings is 1. The van der Waals surface area contributed by atoms with Crippen molar-refractivity contribution in [2.45, 2.75) is 33.0 Å². The first-order chi connectivity index (χ1) is 11.8. The van der Waals surface area contributed by atoms with Crippen molar-refractivity contribution in [2.75, 3.05) is 13.2 Å². The van der Waals surface area contributed by atoms with E-state index in [1.54, 1.807) is 6.92 Å². The molecule has 1 amide bonds. The topological polar surface area (TPSA) is 86.3 Å². The summed E-state index contributed by atoms with van der Waals surface area (Å²) in [5.74, 6) is -2.57. The lowest BCUT2D eigenvalue weighted by atomic mass is 10.1. The number of carbonyl (C=O) groups excluding carboxylic acids is 1. The van der Waals surface area contributed by atoms with Crippen molar-refractivity contribution >= 4 is 16.8 Å². The van der Waals surface area contributed by atoms with E-state index in [9.17, 15) is 18.4 Å². The van der Waals surface area contributed by atoms with Gasteiger partial charge in [0.15, 0.2) is 11.6 Å². The van der Waals surface area contributed by atoms with Gasteiger partial charge in [0.25, 0.3) is 5.56 Å². The van der Waals surface area contributed by atoms with Crippen LogP contribution in [0.1, 0.15) is 19.4 Å². The maximum Gasteiger partial charge on any atom is 0.255 e. The van der Waals surface area contributed by atoms with Crippen LogP contribution in [0.4, 0.5) is 8.78 Å². The van der Waals surface area contributed by atoms with Gasteiger partial charge in [-0.15, -0.1) is 0 Å². The molecule has 3 N–H and O–H groups in total. The van der Waals surface area contributed by atoms with Crippen LogP contribution >= 0.6 is 0 Å². The zero-order chi connectivity index (χ0) is 18.6. The average molecular weight is 353 g/mol. The van der Waals surface area contributed by atoms with E-state index < -0.39 is 23.6 Å². The Labute approximate surface area is 143 Å². The molecule has 0 aliphatic heterocycles. The van der Waals surface area contributed by atoms with Crippen LogP contribution in [-0.4, -0.2) is 29.7 Å². The number of halogens is 2. The molecule has 0 fully saturated rings. The molecular weight excluding hydrogens is 332 g/mol. The van der Waals surface area contributed by atoms with Crippen molar-refractivity contribution in [1.82, 2.24) is 9.88 Å². The van der Waals surface area contributed by atoms with Crippen LogP contribution in [0.2, 0.25) is 0 Å². The van der Waals surface area contributed by atoms with Gasteiger partial charge in [-0.3, -0.25) is 9.59 Å². The number of nitrogens with one attached hydrogen (secondary N) is 1. The second-order valence-corrected chi connectivity index (χ2v) is 5.65. The zero-order valence-corrected chi connectivity index (χ0v) is 14.1. The minimum atomic E-state index is -1.02. The molecule has 0 aliphatic carbocycles. The maximum absolute atomic E-state index is 13.6. The molecule has 136 valence electrons. The highest BCUT2D eigenvalue weighted by Gasteiger charge is 2.14. The van der Waals surface area contributed by atoms with E-state index >= 15 is 0 Å². The van der Waals surface area contributed by atoms with Gasteiger partial charge in [-0.2, -0.15) is 0 Å². The first kappa shape index (κ1) is 19.0. The van der Waals surface area contributed by atoms with Crippen molar-refractivity contribution in [3.8, 4) is 0 Å². The third-order valence-corrected chi connectivity index (χ3v) is 3.90. The van der Waals surface area contributed by atoms with E-state index in [1.807, 2.05) is 6.92 Å². The SMILES string of the molecule is CCOCCn1c(=O)c(CN[C@@H](C)C(N)=O)cc2cc(F)c(F)cc21. The molecule has 1 aromatic heterocycles. The van der Waals surface area contributed by atoms with E-state index in [4.69, 9.17) is 10.5 Å². The van der Waals surface area contributed by atoms with Gasteiger partial charge < -0.3 is 20.4 Å². The highest BCUT2D eigenvalue weighted by Crippen LogP contribution is 2.18. The summed E-state index contributed by atoms with van der Waals surface area (Å²) in [6, 6.07) is 2.90. The molecule has 1 aromatic carbocycles. The van der Waals surface area contributed by atoms with Gasteiger partial charge in [0.05, 0.1) is 18.2 Å². The number of ether oxygens (including phenoxy) is 1. The predicted molar refractivity (Wildman–Crippen MR) is 90.1 cm³/mol. The molecule has 6 nitrogen and oxygen atoms in total. The number of pyridine rings is 1. The van der Waals surface area contributed by atoms with Crippen LogP contribution in [0.5, 0.6) is 0 Å². The smallest absolute Gasteiger partial charge is 0.255 e. The second kappa shape index (κ2) is 8.17. The molecule has 0 unspecified atom stereocenters. The number of amides is 1. The summed E-state index contributed by atoms with van der Waals surface area (Å²) in [6.45, 7) is 4.42. The average Bonchev–Trinajstić information content (AvgIpc) is 2.57. The van der Waals surface area contributed by atoms with Gasteiger partial charge in [0.1, 0.15) is 0 Å². The number of nitrogens with zero attached hydrogens (tertiary/aromatic N) is 1. The number of primary amides is 1. The molecule has 0 aliphatic rings. The lowest BCUT2D eigenvalue weighted by Crippen LogP contribution is -2.39. The van der Waals surface area contributed by atoms with Gasteiger partial charge in [-0.05, 0) is 26.0 Å². The van der Waals surface area contributed by atoms with E-state index in [-0.39, 0.29) is 30.8 Å². The summed E-state index contributed by atoms with van der Waals surface area (Å²) < 4.78 is 33.8. The van der Waals surface area contributed by atoms with Gasteiger partial charge in [0, 0.05) is 36.7 Å². The number of nitrogens with two attached hydrogens (primary N) is 1. The Morgan fingerprint density at radius 3 is 2.64 bits per heavy atom. The third-order valence-electron chi connectivity index (χ3n) is 3.90. The first-order valence-electron chi connectivity index (χ1n) is 7.97.